The van der Waals surface area contributed by atoms with Crippen LogP contribution in [0.5, 0.6) is 11.5 Å². The fourth-order valence-corrected chi connectivity index (χ4v) is 2.98. The van der Waals surface area contributed by atoms with E-state index in [0.717, 1.165) is 4.47 Å². The second-order valence-electron chi connectivity index (χ2n) is 5.77. The molecule has 0 fully saturated rings. The molecule has 0 aliphatic rings. The minimum Gasteiger partial charge on any atom is -0.490 e. The fourth-order valence-electron chi connectivity index (χ4n) is 2.62. The lowest BCUT2D eigenvalue weighted by Gasteiger charge is -2.10. The molecule has 0 radical (unpaired) electrons. The second kappa shape index (κ2) is 8.67. The molecule has 0 saturated carbocycles. The van der Waals surface area contributed by atoms with E-state index < -0.39 is 0 Å². The van der Waals surface area contributed by atoms with Crippen LogP contribution in [0.1, 0.15) is 18.3 Å². The second-order valence-corrected chi connectivity index (χ2v) is 6.68. The number of fused-ring (bicyclic) bond motifs is 1. The molecule has 0 unspecified atom stereocenters. The molecule has 0 aliphatic carbocycles. The topological polar surface area (TPSA) is 89.5 Å². The van der Waals surface area contributed by atoms with E-state index in [-0.39, 0.29) is 12.2 Å². The Morgan fingerprint density at radius 1 is 1.25 bits per heavy atom. The Morgan fingerprint density at radius 3 is 2.82 bits per heavy atom. The van der Waals surface area contributed by atoms with Crippen molar-refractivity contribution in [3.63, 3.8) is 0 Å². The van der Waals surface area contributed by atoms with E-state index in [9.17, 15) is 4.79 Å². The predicted octanol–water partition coefficient (Wildman–Crippen LogP) is 3.65. The summed E-state index contributed by atoms with van der Waals surface area (Å²) in [5.41, 5.74) is 1.09. The summed E-state index contributed by atoms with van der Waals surface area (Å²) in [4.78, 5) is 17.2. The first kappa shape index (κ1) is 19.6. The first-order valence-corrected chi connectivity index (χ1v) is 9.32. The Labute approximate surface area is 170 Å². The molecule has 0 aliphatic heterocycles. The predicted molar refractivity (Wildman–Crippen MR) is 110 cm³/mol. The van der Waals surface area contributed by atoms with Gasteiger partial charge in [0.05, 0.1) is 23.7 Å². The lowest BCUT2D eigenvalue weighted by atomic mass is 10.2. The average molecular weight is 441 g/mol. The van der Waals surface area contributed by atoms with Gasteiger partial charge in [0, 0.05) is 4.47 Å². The molecular weight excluding hydrogens is 424 g/mol. The molecule has 1 heterocycles. The van der Waals surface area contributed by atoms with Crippen LogP contribution < -0.4 is 15.0 Å². The van der Waals surface area contributed by atoms with Crippen LogP contribution in [0.4, 0.5) is 0 Å². The Kier molecular flexibility index (Phi) is 6.06. The number of aryl methyl sites for hydroxylation is 1. The molecule has 3 rings (SSSR count). The number of benzene rings is 2. The highest BCUT2D eigenvalue weighted by Crippen LogP contribution is 2.28. The maximum atomic E-state index is 12.8. The summed E-state index contributed by atoms with van der Waals surface area (Å²) >= 11 is 3.37. The van der Waals surface area contributed by atoms with Crippen LogP contribution in [0.2, 0.25) is 0 Å². The largest absolute Gasteiger partial charge is 0.490 e. The van der Waals surface area contributed by atoms with Crippen molar-refractivity contribution in [2.24, 2.45) is 5.10 Å². The summed E-state index contributed by atoms with van der Waals surface area (Å²) in [6, 6.07) is 12.5. The van der Waals surface area contributed by atoms with Gasteiger partial charge in [-0.2, -0.15) is 15.0 Å². The van der Waals surface area contributed by atoms with Crippen molar-refractivity contribution in [1.29, 1.82) is 5.26 Å². The van der Waals surface area contributed by atoms with Crippen molar-refractivity contribution in [2.45, 2.75) is 13.8 Å². The number of hydrogen-bond acceptors (Lipinski definition) is 6. The lowest BCUT2D eigenvalue weighted by molar-refractivity contribution is 0.298. The number of nitriles is 1. The summed E-state index contributed by atoms with van der Waals surface area (Å²) in [5.74, 6) is 1.47. The molecule has 0 spiro atoms. The summed E-state index contributed by atoms with van der Waals surface area (Å²) in [5, 5.41) is 13.5. The molecule has 8 heteroatoms. The third-order valence-corrected chi connectivity index (χ3v) is 4.35. The van der Waals surface area contributed by atoms with E-state index in [2.05, 4.69) is 26.0 Å². The molecule has 0 amide bonds. The molecule has 2 aromatic carbocycles. The molecule has 0 bridgehead atoms. The Bertz CT molecular complexity index is 1150. The molecule has 3 aromatic rings. The normalized spacial score (nSPS) is 10.9. The quantitative estimate of drug-likeness (QED) is 0.545. The van der Waals surface area contributed by atoms with Gasteiger partial charge in [-0.1, -0.05) is 15.9 Å². The van der Waals surface area contributed by atoms with Crippen LogP contribution >= 0.6 is 15.9 Å². The van der Waals surface area contributed by atoms with Crippen LogP contribution in [-0.4, -0.2) is 29.1 Å². The number of aromatic nitrogens is 2. The van der Waals surface area contributed by atoms with Crippen molar-refractivity contribution in [1.82, 2.24) is 9.66 Å². The third kappa shape index (κ3) is 4.21. The van der Waals surface area contributed by atoms with Crippen LogP contribution in [-0.2, 0) is 0 Å². The highest BCUT2D eigenvalue weighted by atomic mass is 79.9. The van der Waals surface area contributed by atoms with Gasteiger partial charge in [-0.3, -0.25) is 4.79 Å². The highest BCUT2D eigenvalue weighted by Gasteiger charge is 2.09. The Balaban J connectivity index is 1.98. The first-order chi connectivity index (χ1) is 13.5. The van der Waals surface area contributed by atoms with Gasteiger partial charge in [0.1, 0.15) is 11.9 Å². The lowest BCUT2D eigenvalue weighted by Crippen LogP contribution is -2.20. The van der Waals surface area contributed by atoms with Gasteiger partial charge in [-0.25, -0.2) is 4.98 Å². The van der Waals surface area contributed by atoms with Crippen molar-refractivity contribution < 1.29 is 9.47 Å². The minimum atomic E-state index is -0.251. The van der Waals surface area contributed by atoms with Crippen LogP contribution in [0, 0.1) is 18.3 Å². The average Bonchev–Trinajstić information content (AvgIpc) is 2.68. The zero-order valence-electron chi connectivity index (χ0n) is 15.3. The molecular formula is C20H17BrN4O3. The van der Waals surface area contributed by atoms with Crippen molar-refractivity contribution in [2.75, 3.05) is 13.2 Å². The minimum absolute atomic E-state index is 0.0690. The molecule has 7 nitrogen and oxygen atoms in total. The zero-order valence-corrected chi connectivity index (χ0v) is 16.9. The zero-order chi connectivity index (χ0) is 20.1. The van der Waals surface area contributed by atoms with E-state index in [0.29, 0.717) is 40.4 Å². The molecule has 0 N–H and O–H groups in total. The van der Waals surface area contributed by atoms with E-state index in [1.165, 1.54) is 4.68 Å². The fraction of sp³-hybridized carbons (Fsp3) is 0.200. The van der Waals surface area contributed by atoms with Crippen LogP contribution in [0.25, 0.3) is 10.9 Å². The van der Waals surface area contributed by atoms with Gasteiger partial charge in [-0.05, 0) is 55.8 Å². The molecule has 28 heavy (non-hydrogen) atoms. The number of hydrogen-bond donors (Lipinski definition) is 0. The SMILES string of the molecule is CCOc1cc(C=Nn2c(C)nc3ccc(Br)cc3c2=O)ccc1OCC#N. The standard InChI is InChI=1S/C20H17BrN4O3/c1-3-27-19-10-14(4-7-18(19)28-9-8-22)12-23-25-13(2)24-17-6-5-15(21)11-16(17)20(25)26/h4-7,10-12H,3,9H2,1-2H3. The van der Waals surface area contributed by atoms with Crippen molar-refractivity contribution in [3.8, 4) is 17.6 Å². The summed E-state index contributed by atoms with van der Waals surface area (Å²) in [6.07, 6.45) is 1.55. The Hall–Kier alpha value is -3.18. The van der Waals surface area contributed by atoms with E-state index >= 15 is 0 Å². The van der Waals surface area contributed by atoms with Gasteiger partial charge in [0.15, 0.2) is 18.1 Å². The van der Waals surface area contributed by atoms with Gasteiger partial charge in [-0.15, -0.1) is 0 Å². The van der Waals surface area contributed by atoms with E-state index in [1.54, 1.807) is 43.5 Å². The van der Waals surface area contributed by atoms with Crippen LogP contribution in [0.15, 0.2) is 50.8 Å². The van der Waals surface area contributed by atoms with Gasteiger partial charge >= 0.3 is 0 Å². The summed E-state index contributed by atoms with van der Waals surface area (Å²) in [6.45, 7) is 3.97. The monoisotopic (exact) mass is 440 g/mol. The first-order valence-electron chi connectivity index (χ1n) is 8.53. The van der Waals surface area contributed by atoms with Crippen LogP contribution in [0.3, 0.4) is 0 Å². The van der Waals surface area contributed by atoms with Gasteiger partial charge in [0.25, 0.3) is 5.56 Å². The van der Waals surface area contributed by atoms with Crippen molar-refractivity contribution in [3.05, 3.63) is 62.6 Å². The number of nitrogens with zero attached hydrogens (tertiary/aromatic N) is 4. The maximum absolute atomic E-state index is 12.8. The smallest absolute Gasteiger partial charge is 0.282 e. The highest BCUT2D eigenvalue weighted by molar-refractivity contribution is 9.10. The van der Waals surface area contributed by atoms with Gasteiger partial charge in [0.2, 0.25) is 0 Å². The van der Waals surface area contributed by atoms with E-state index in [4.69, 9.17) is 14.7 Å². The molecule has 0 saturated heterocycles. The third-order valence-electron chi connectivity index (χ3n) is 3.85. The molecule has 0 atom stereocenters. The number of rotatable bonds is 6. The summed E-state index contributed by atoms with van der Waals surface area (Å²) < 4.78 is 13.0. The Morgan fingerprint density at radius 2 is 2.07 bits per heavy atom. The number of halogens is 1. The van der Waals surface area contributed by atoms with Crippen molar-refractivity contribution >= 4 is 33.0 Å². The molecule has 142 valence electrons. The maximum Gasteiger partial charge on any atom is 0.282 e. The van der Waals surface area contributed by atoms with E-state index in [1.807, 2.05) is 19.1 Å². The summed E-state index contributed by atoms with van der Waals surface area (Å²) in [7, 11) is 0. The van der Waals surface area contributed by atoms with Gasteiger partial charge < -0.3 is 9.47 Å². The number of ether oxygens (including phenoxy) is 2. The molecule has 1 aromatic heterocycles.